The second-order valence-electron chi connectivity index (χ2n) is 6.22. The molecule has 0 radical (unpaired) electrons. The topological polar surface area (TPSA) is 78.3 Å². The predicted octanol–water partition coefficient (Wildman–Crippen LogP) is 3.60. The maximum atomic E-state index is 13.8. The lowest BCUT2D eigenvalue weighted by molar-refractivity contribution is -0.00171. The van der Waals surface area contributed by atoms with Gasteiger partial charge in [-0.05, 0) is 29.8 Å². The van der Waals surface area contributed by atoms with Gasteiger partial charge >= 0.3 is 0 Å². The van der Waals surface area contributed by atoms with Crippen molar-refractivity contribution in [1.82, 2.24) is 15.0 Å². The number of methoxy groups -OCH3 is 1. The van der Waals surface area contributed by atoms with Gasteiger partial charge in [0.1, 0.15) is 6.10 Å². The number of carbonyl (C=O) groups excluding carboxylic acids is 1. The molecule has 4 rings (SSSR count). The van der Waals surface area contributed by atoms with Crippen LogP contribution in [-0.4, -0.2) is 28.0 Å². The normalized spacial score (nSPS) is 15.8. The van der Waals surface area contributed by atoms with Crippen molar-refractivity contribution in [3.05, 3.63) is 70.3 Å². The number of aromatic nitrogens is 3. The standard InChI is InChI=1S/C19H16ClFN4O3/c1-27-16-7-6-13(8-14(16)21)22-19(26)18-15-10-28-17(9-25(15)24-23-18)11-2-4-12(20)5-3-11/h2-8,17H,9-10H2,1H3,(H,22,26)/t17-/m0/s1. The summed E-state index contributed by atoms with van der Waals surface area (Å²) in [7, 11) is 1.37. The zero-order chi connectivity index (χ0) is 19.7. The summed E-state index contributed by atoms with van der Waals surface area (Å²) in [4.78, 5) is 12.6. The molecule has 0 fully saturated rings. The minimum Gasteiger partial charge on any atom is -0.494 e. The van der Waals surface area contributed by atoms with Gasteiger partial charge in [0, 0.05) is 16.8 Å². The molecule has 7 nitrogen and oxygen atoms in total. The molecule has 2 aromatic carbocycles. The van der Waals surface area contributed by atoms with E-state index in [1.54, 1.807) is 22.9 Å². The van der Waals surface area contributed by atoms with Gasteiger partial charge in [0.15, 0.2) is 17.3 Å². The summed E-state index contributed by atoms with van der Waals surface area (Å²) in [6.07, 6.45) is -0.210. The van der Waals surface area contributed by atoms with Crippen molar-refractivity contribution >= 4 is 23.2 Å². The van der Waals surface area contributed by atoms with Crippen LogP contribution in [0.1, 0.15) is 27.8 Å². The summed E-state index contributed by atoms with van der Waals surface area (Å²) < 4.78 is 26.2. The van der Waals surface area contributed by atoms with Crippen molar-refractivity contribution in [2.45, 2.75) is 19.3 Å². The second kappa shape index (κ2) is 7.57. The molecule has 0 aliphatic carbocycles. The number of ether oxygens (including phenoxy) is 2. The van der Waals surface area contributed by atoms with Crippen molar-refractivity contribution in [2.24, 2.45) is 0 Å². The highest BCUT2D eigenvalue weighted by Crippen LogP contribution is 2.28. The number of nitrogens with zero attached hydrogens (tertiary/aromatic N) is 3. The van der Waals surface area contributed by atoms with E-state index in [1.165, 1.54) is 19.2 Å². The summed E-state index contributed by atoms with van der Waals surface area (Å²) in [5, 5.41) is 11.3. The van der Waals surface area contributed by atoms with Gasteiger partial charge in [0.2, 0.25) is 0 Å². The van der Waals surface area contributed by atoms with Gasteiger partial charge in [-0.3, -0.25) is 4.79 Å². The maximum absolute atomic E-state index is 13.8. The van der Waals surface area contributed by atoms with Crippen LogP contribution in [-0.2, 0) is 17.9 Å². The van der Waals surface area contributed by atoms with Gasteiger partial charge in [-0.2, -0.15) is 0 Å². The van der Waals surface area contributed by atoms with E-state index < -0.39 is 11.7 Å². The third-order valence-corrected chi connectivity index (χ3v) is 4.72. The molecular weight excluding hydrogens is 387 g/mol. The number of hydrogen-bond acceptors (Lipinski definition) is 5. The van der Waals surface area contributed by atoms with Crippen molar-refractivity contribution in [2.75, 3.05) is 12.4 Å². The largest absolute Gasteiger partial charge is 0.494 e. The minimum absolute atomic E-state index is 0.0978. The van der Waals surface area contributed by atoms with Crippen LogP contribution < -0.4 is 10.1 Å². The van der Waals surface area contributed by atoms with Gasteiger partial charge in [-0.1, -0.05) is 28.9 Å². The Labute approximate surface area is 165 Å². The fourth-order valence-corrected chi connectivity index (χ4v) is 3.13. The highest BCUT2D eigenvalue weighted by atomic mass is 35.5. The van der Waals surface area contributed by atoms with E-state index in [2.05, 4.69) is 15.6 Å². The Morgan fingerprint density at radius 3 is 2.82 bits per heavy atom. The molecule has 0 saturated heterocycles. The van der Waals surface area contributed by atoms with E-state index in [9.17, 15) is 9.18 Å². The molecule has 0 bridgehead atoms. The van der Waals surface area contributed by atoms with Gasteiger partial charge < -0.3 is 14.8 Å². The molecule has 9 heteroatoms. The number of hydrogen-bond donors (Lipinski definition) is 1. The molecule has 1 atom stereocenters. The predicted molar refractivity (Wildman–Crippen MR) is 99.9 cm³/mol. The fraction of sp³-hybridized carbons (Fsp3) is 0.211. The third kappa shape index (κ3) is 3.56. The number of carbonyl (C=O) groups is 1. The molecule has 1 aliphatic heterocycles. The first-order valence-electron chi connectivity index (χ1n) is 8.49. The van der Waals surface area contributed by atoms with E-state index in [0.717, 1.165) is 5.56 Å². The molecular formula is C19H16ClFN4O3. The Morgan fingerprint density at radius 2 is 2.11 bits per heavy atom. The summed E-state index contributed by atoms with van der Waals surface area (Å²) in [6.45, 7) is 0.606. The molecule has 3 aromatic rings. The zero-order valence-electron chi connectivity index (χ0n) is 14.9. The monoisotopic (exact) mass is 402 g/mol. The average Bonchev–Trinajstić information content (AvgIpc) is 3.12. The molecule has 1 aromatic heterocycles. The first-order valence-corrected chi connectivity index (χ1v) is 8.87. The number of amides is 1. The lowest BCUT2D eigenvalue weighted by Gasteiger charge is -2.24. The quantitative estimate of drug-likeness (QED) is 0.721. The van der Waals surface area contributed by atoms with E-state index in [0.29, 0.717) is 22.9 Å². The molecule has 0 unspecified atom stereocenters. The average molecular weight is 403 g/mol. The van der Waals surface area contributed by atoms with Crippen LogP contribution in [0.3, 0.4) is 0 Å². The number of rotatable bonds is 4. The third-order valence-electron chi connectivity index (χ3n) is 4.46. The Morgan fingerprint density at radius 1 is 1.32 bits per heavy atom. The summed E-state index contributed by atoms with van der Waals surface area (Å²) in [6, 6.07) is 11.5. The smallest absolute Gasteiger partial charge is 0.278 e. The molecule has 144 valence electrons. The maximum Gasteiger partial charge on any atom is 0.278 e. The summed E-state index contributed by atoms with van der Waals surface area (Å²) in [5.41, 5.74) is 1.97. The summed E-state index contributed by atoms with van der Waals surface area (Å²) in [5.74, 6) is -0.959. The molecule has 2 heterocycles. The highest BCUT2D eigenvalue weighted by Gasteiger charge is 2.27. The molecule has 0 saturated carbocycles. The van der Waals surface area contributed by atoms with Crippen molar-refractivity contribution in [3.63, 3.8) is 0 Å². The number of benzene rings is 2. The second-order valence-corrected chi connectivity index (χ2v) is 6.66. The Bertz CT molecular complexity index is 1020. The summed E-state index contributed by atoms with van der Waals surface area (Å²) >= 11 is 5.92. The van der Waals surface area contributed by atoms with E-state index >= 15 is 0 Å². The van der Waals surface area contributed by atoms with Crippen molar-refractivity contribution < 1.29 is 18.7 Å². The highest BCUT2D eigenvalue weighted by molar-refractivity contribution is 6.30. The first-order chi connectivity index (χ1) is 13.5. The number of fused-ring (bicyclic) bond motifs is 1. The Kier molecular flexibility index (Phi) is 4.97. The van der Waals surface area contributed by atoms with E-state index in [1.807, 2.05) is 12.1 Å². The van der Waals surface area contributed by atoms with Crippen LogP contribution in [0.25, 0.3) is 0 Å². The molecule has 0 spiro atoms. The van der Waals surface area contributed by atoms with Crippen LogP contribution in [0.15, 0.2) is 42.5 Å². The lowest BCUT2D eigenvalue weighted by Crippen LogP contribution is -2.24. The van der Waals surface area contributed by atoms with Gasteiger partial charge in [0.05, 0.1) is 26.0 Å². The number of halogens is 2. The van der Waals surface area contributed by atoms with E-state index in [4.69, 9.17) is 21.1 Å². The fourth-order valence-electron chi connectivity index (χ4n) is 3.00. The van der Waals surface area contributed by atoms with Gasteiger partial charge in [-0.15, -0.1) is 5.10 Å². The molecule has 28 heavy (non-hydrogen) atoms. The van der Waals surface area contributed by atoms with E-state index in [-0.39, 0.29) is 24.2 Å². The first kappa shape index (κ1) is 18.4. The van der Waals surface area contributed by atoms with Crippen LogP contribution in [0.4, 0.5) is 10.1 Å². The number of nitrogens with one attached hydrogen (secondary N) is 1. The Hall–Kier alpha value is -2.97. The molecule has 1 amide bonds. The van der Waals surface area contributed by atoms with Gasteiger partial charge in [-0.25, -0.2) is 9.07 Å². The zero-order valence-corrected chi connectivity index (χ0v) is 15.6. The SMILES string of the molecule is COc1ccc(NC(=O)c2nnn3c2CO[C@H](c2ccc(Cl)cc2)C3)cc1F. The lowest BCUT2D eigenvalue weighted by atomic mass is 10.1. The Balaban J connectivity index is 1.50. The van der Waals surface area contributed by atoms with Crippen LogP contribution >= 0.6 is 11.6 Å². The van der Waals surface area contributed by atoms with Crippen LogP contribution in [0, 0.1) is 5.82 Å². The van der Waals surface area contributed by atoms with Crippen LogP contribution in [0.2, 0.25) is 5.02 Å². The van der Waals surface area contributed by atoms with Crippen molar-refractivity contribution in [3.8, 4) is 5.75 Å². The number of anilines is 1. The molecule has 1 N–H and O–H groups in total. The van der Waals surface area contributed by atoms with Crippen molar-refractivity contribution in [1.29, 1.82) is 0 Å². The molecule has 1 aliphatic rings. The minimum atomic E-state index is -0.570. The van der Waals surface area contributed by atoms with Crippen LogP contribution in [0.5, 0.6) is 5.75 Å². The van der Waals surface area contributed by atoms with Gasteiger partial charge in [0.25, 0.3) is 5.91 Å².